The van der Waals surface area contributed by atoms with Crippen molar-refractivity contribution in [3.05, 3.63) is 60.1 Å². The van der Waals surface area contributed by atoms with Crippen LogP contribution in [-0.2, 0) is 20.8 Å². The Morgan fingerprint density at radius 1 is 1.16 bits per heavy atom. The molecule has 1 aliphatic carbocycles. The summed E-state index contributed by atoms with van der Waals surface area (Å²) in [6.45, 7) is 4.79. The molecule has 1 aliphatic rings. The summed E-state index contributed by atoms with van der Waals surface area (Å²) in [5.74, 6) is 1.61. The van der Waals surface area contributed by atoms with Gasteiger partial charge in [-0.1, -0.05) is 0 Å². The number of aromatic nitrogens is 10. The van der Waals surface area contributed by atoms with Crippen molar-refractivity contribution in [3.63, 3.8) is 0 Å². The van der Waals surface area contributed by atoms with Crippen LogP contribution in [0.25, 0.3) is 16.9 Å². The van der Waals surface area contributed by atoms with Crippen LogP contribution >= 0.6 is 0 Å². The Morgan fingerprint density at radius 2 is 1.98 bits per heavy atom. The smallest absolute Gasteiger partial charge is 0.252 e. The van der Waals surface area contributed by atoms with Crippen LogP contribution in [-0.4, -0.2) is 82.0 Å². The van der Waals surface area contributed by atoms with Crippen molar-refractivity contribution in [2.24, 2.45) is 0 Å². The summed E-state index contributed by atoms with van der Waals surface area (Å²) < 4.78 is 27.6. The SMILES string of the molecule is COCCn1ncc2c(Nc3cc(C)[nH]n3)nc([C@H]3CC[C@@](OC)(C(=O)N[C@@H](C)c4cnc(-n5cc(F)cn5)cn4)CC3)nc21. The molecule has 1 atom stereocenters. The third kappa shape index (κ3) is 6.23. The molecule has 5 aromatic heterocycles. The lowest BCUT2D eigenvalue weighted by Crippen LogP contribution is -2.51. The summed E-state index contributed by atoms with van der Waals surface area (Å²) in [4.78, 5) is 32.2. The summed E-state index contributed by atoms with van der Waals surface area (Å²) in [6, 6.07) is 1.46. The van der Waals surface area contributed by atoms with Gasteiger partial charge in [-0.25, -0.2) is 28.7 Å². The van der Waals surface area contributed by atoms with Crippen LogP contribution in [0, 0.1) is 12.7 Å². The molecule has 16 heteroatoms. The lowest BCUT2D eigenvalue weighted by molar-refractivity contribution is -0.148. The van der Waals surface area contributed by atoms with Crippen molar-refractivity contribution in [2.45, 2.75) is 63.6 Å². The summed E-state index contributed by atoms with van der Waals surface area (Å²) in [6.07, 6.45) is 9.32. The third-order valence-electron chi connectivity index (χ3n) is 8.17. The highest BCUT2D eigenvalue weighted by atomic mass is 19.1. The summed E-state index contributed by atoms with van der Waals surface area (Å²) in [7, 11) is 3.21. The quantitative estimate of drug-likeness (QED) is 0.198. The monoisotopic (exact) mass is 618 g/mol. The van der Waals surface area contributed by atoms with E-state index in [9.17, 15) is 9.18 Å². The first kappa shape index (κ1) is 30.2. The number of hydrogen-bond acceptors (Lipinski definition) is 11. The molecule has 1 amide bonds. The van der Waals surface area contributed by atoms with E-state index in [1.165, 1.54) is 23.3 Å². The van der Waals surface area contributed by atoms with Crippen LogP contribution < -0.4 is 10.6 Å². The number of anilines is 2. The normalized spacial score (nSPS) is 19.1. The van der Waals surface area contributed by atoms with Gasteiger partial charge in [0.2, 0.25) is 0 Å². The molecule has 15 nitrogen and oxygen atoms in total. The number of carbonyl (C=O) groups is 1. The average Bonchev–Trinajstić information content (AvgIpc) is 3.79. The minimum Gasteiger partial charge on any atom is -0.383 e. The molecule has 0 aromatic carbocycles. The average molecular weight is 619 g/mol. The minimum atomic E-state index is -1.01. The molecule has 6 rings (SSSR count). The molecule has 0 radical (unpaired) electrons. The van der Waals surface area contributed by atoms with Gasteiger partial charge in [0.15, 0.2) is 23.1 Å². The van der Waals surface area contributed by atoms with Crippen molar-refractivity contribution < 1.29 is 18.7 Å². The largest absolute Gasteiger partial charge is 0.383 e. The first-order valence-corrected chi connectivity index (χ1v) is 14.7. The Kier molecular flexibility index (Phi) is 8.49. The molecule has 0 bridgehead atoms. The molecule has 1 fully saturated rings. The van der Waals surface area contributed by atoms with Crippen molar-refractivity contribution in [2.75, 3.05) is 26.1 Å². The maximum absolute atomic E-state index is 13.6. The molecule has 0 aliphatic heterocycles. The van der Waals surface area contributed by atoms with E-state index in [2.05, 4.69) is 41.0 Å². The van der Waals surface area contributed by atoms with E-state index in [1.807, 2.05) is 24.6 Å². The molecule has 0 unspecified atom stereocenters. The topological polar surface area (TPSA) is 175 Å². The second-order valence-corrected chi connectivity index (χ2v) is 11.2. The standard InChI is InChI=1S/C29H35FN12O3/c1-17-11-23(40-39-17)36-26-21-13-34-41(9-10-44-3)27(21)38-25(37-26)19-5-7-29(45-4,8-6-19)28(43)35-18(2)22-14-32-24(15-31-22)42-16-20(30)12-33-42/h11-16,18-19H,5-10H2,1-4H3,(H,35,43)(H2,36,37,38,39,40)/t18-,19-,29-/m0/s1. The highest BCUT2D eigenvalue weighted by molar-refractivity contribution is 5.88. The fraction of sp³-hybridized carbons (Fsp3) is 0.448. The maximum atomic E-state index is 13.6. The highest BCUT2D eigenvalue weighted by Crippen LogP contribution is 2.40. The minimum absolute atomic E-state index is 0.000636. The van der Waals surface area contributed by atoms with Gasteiger partial charge in [0.05, 0.1) is 61.3 Å². The van der Waals surface area contributed by atoms with Crippen LogP contribution in [0.1, 0.15) is 61.8 Å². The zero-order valence-electron chi connectivity index (χ0n) is 25.5. The number of methoxy groups -OCH3 is 2. The Balaban J connectivity index is 1.17. The van der Waals surface area contributed by atoms with E-state index in [0.29, 0.717) is 73.5 Å². The van der Waals surface area contributed by atoms with Gasteiger partial charge in [-0.2, -0.15) is 15.3 Å². The van der Waals surface area contributed by atoms with E-state index in [4.69, 9.17) is 19.4 Å². The zero-order chi connectivity index (χ0) is 31.6. The van der Waals surface area contributed by atoms with Crippen LogP contribution in [0.4, 0.5) is 16.0 Å². The summed E-state index contributed by atoms with van der Waals surface area (Å²) in [5, 5.41) is 22.8. The van der Waals surface area contributed by atoms with Crippen molar-refractivity contribution in [3.8, 4) is 5.82 Å². The number of halogens is 1. The van der Waals surface area contributed by atoms with Crippen molar-refractivity contribution in [1.29, 1.82) is 0 Å². The van der Waals surface area contributed by atoms with Gasteiger partial charge >= 0.3 is 0 Å². The van der Waals surface area contributed by atoms with Gasteiger partial charge in [0.1, 0.15) is 17.2 Å². The Bertz CT molecular complexity index is 1770. The first-order valence-electron chi connectivity index (χ1n) is 14.7. The number of aromatic amines is 1. The molecular weight excluding hydrogens is 583 g/mol. The number of nitrogens with one attached hydrogen (secondary N) is 3. The Hall–Kier alpha value is -4.83. The summed E-state index contributed by atoms with van der Waals surface area (Å²) in [5.41, 5.74) is 1.16. The van der Waals surface area contributed by atoms with Crippen LogP contribution in [0.2, 0.25) is 0 Å². The van der Waals surface area contributed by atoms with Gasteiger partial charge in [-0.15, -0.1) is 0 Å². The van der Waals surface area contributed by atoms with Gasteiger partial charge in [-0.3, -0.25) is 14.9 Å². The zero-order valence-corrected chi connectivity index (χ0v) is 25.5. The van der Waals surface area contributed by atoms with Gasteiger partial charge < -0.3 is 20.1 Å². The summed E-state index contributed by atoms with van der Waals surface area (Å²) >= 11 is 0. The number of carbonyl (C=O) groups excluding carboxylic acids is 1. The number of ether oxygens (including phenoxy) is 2. The fourth-order valence-corrected chi connectivity index (χ4v) is 5.56. The predicted molar refractivity (Wildman–Crippen MR) is 160 cm³/mol. The van der Waals surface area contributed by atoms with Crippen molar-refractivity contribution in [1.82, 2.24) is 55.0 Å². The van der Waals surface area contributed by atoms with E-state index < -0.39 is 17.5 Å². The third-order valence-corrected chi connectivity index (χ3v) is 8.17. The van der Waals surface area contributed by atoms with Crippen molar-refractivity contribution >= 4 is 28.6 Å². The molecule has 5 aromatic rings. The molecule has 45 heavy (non-hydrogen) atoms. The lowest BCUT2D eigenvalue weighted by atomic mass is 9.77. The molecule has 1 saturated carbocycles. The molecule has 3 N–H and O–H groups in total. The lowest BCUT2D eigenvalue weighted by Gasteiger charge is -2.38. The fourth-order valence-electron chi connectivity index (χ4n) is 5.56. The highest BCUT2D eigenvalue weighted by Gasteiger charge is 2.43. The number of aryl methyl sites for hydroxylation is 1. The Morgan fingerprint density at radius 3 is 2.62 bits per heavy atom. The molecule has 236 valence electrons. The molecule has 0 spiro atoms. The number of rotatable bonds is 11. The predicted octanol–water partition coefficient (Wildman–Crippen LogP) is 3.28. The number of hydrogen-bond donors (Lipinski definition) is 3. The number of H-pyrrole nitrogens is 1. The number of fused-ring (bicyclic) bond motifs is 1. The second-order valence-electron chi connectivity index (χ2n) is 11.2. The van der Waals surface area contributed by atoms with Gasteiger partial charge in [0, 0.05) is 31.9 Å². The van der Waals surface area contributed by atoms with E-state index in [-0.39, 0.29) is 11.8 Å². The van der Waals surface area contributed by atoms with E-state index in [0.717, 1.165) is 17.3 Å². The van der Waals surface area contributed by atoms with Crippen LogP contribution in [0.3, 0.4) is 0 Å². The molecule has 5 heterocycles. The van der Waals surface area contributed by atoms with Gasteiger partial charge in [0.25, 0.3) is 5.91 Å². The number of amides is 1. The Labute approximate surface area is 258 Å². The number of nitrogens with zero attached hydrogens (tertiary/aromatic N) is 9. The van der Waals surface area contributed by atoms with E-state index >= 15 is 0 Å². The maximum Gasteiger partial charge on any atom is 0.252 e. The second kappa shape index (κ2) is 12.6. The molecular formula is C29H35FN12O3. The van der Waals surface area contributed by atoms with Crippen LogP contribution in [0.15, 0.2) is 37.1 Å². The molecule has 0 saturated heterocycles. The van der Waals surface area contributed by atoms with Crippen LogP contribution in [0.5, 0.6) is 0 Å². The van der Waals surface area contributed by atoms with Gasteiger partial charge in [-0.05, 0) is 39.5 Å². The van der Waals surface area contributed by atoms with E-state index in [1.54, 1.807) is 20.4 Å². The first-order chi connectivity index (χ1) is 21.8.